The molecular formula is C22H28N4O3S. The number of piperidine rings is 1. The van der Waals surface area contributed by atoms with Gasteiger partial charge in [-0.25, -0.2) is 0 Å². The van der Waals surface area contributed by atoms with Crippen molar-refractivity contribution in [3.05, 3.63) is 33.3 Å². The first-order valence-electron chi connectivity index (χ1n) is 10.6. The number of hydrogen-bond donors (Lipinski definition) is 2. The molecule has 7 nitrogen and oxygen atoms in total. The summed E-state index contributed by atoms with van der Waals surface area (Å²) in [5, 5.41) is 0.876. The Balaban J connectivity index is 1.45. The van der Waals surface area contributed by atoms with E-state index in [2.05, 4.69) is 16.9 Å². The van der Waals surface area contributed by atoms with E-state index in [0.717, 1.165) is 55.4 Å². The van der Waals surface area contributed by atoms with E-state index >= 15 is 0 Å². The summed E-state index contributed by atoms with van der Waals surface area (Å²) < 4.78 is 7.27. The highest BCUT2D eigenvalue weighted by Gasteiger charge is 2.19. The lowest BCUT2D eigenvalue weighted by Gasteiger charge is -2.30. The van der Waals surface area contributed by atoms with Gasteiger partial charge in [0, 0.05) is 37.0 Å². The molecule has 4 rings (SSSR count). The molecule has 1 amide bonds. The fourth-order valence-electron chi connectivity index (χ4n) is 4.16. The summed E-state index contributed by atoms with van der Waals surface area (Å²) in [4.78, 5) is 33.8. The number of nitrogens with one attached hydrogen (secondary N) is 2. The predicted molar refractivity (Wildman–Crippen MR) is 121 cm³/mol. The van der Waals surface area contributed by atoms with Crippen LogP contribution >= 0.6 is 12.2 Å². The zero-order valence-electron chi connectivity index (χ0n) is 17.5. The fourth-order valence-corrected chi connectivity index (χ4v) is 4.43. The molecule has 8 heteroatoms. The molecule has 1 aromatic carbocycles. The van der Waals surface area contributed by atoms with Crippen LogP contribution < -0.4 is 10.3 Å². The number of fused-ring (bicyclic) bond motifs is 3. The Morgan fingerprint density at radius 2 is 1.97 bits per heavy atom. The minimum Gasteiger partial charge on any atom is -0.497 e. The maximum Gasteiger partial charge on any atom is 0.278 e. The Bertz CT molecular complexity index is 1180. The van der Waals surface area contributed by atoms with Gasteiger partial charge in [0.2, 0.25) is 5.91 Å². The van der Waals surface area contributed by atoms with Crippen LogP contribution in [0.3, 0.4) is 0 Å². The normalized spacial score (nSPS) is 15.2. The largest absolute Gasteiger partial charge is 0.497 e. The van der Waals surface area contributed by atoms with E-state index in [1.54, 1.807) is 11.7 Å². The van der Waals surface area contributed by atoms with Gasteiger partial charge in [0.15, 0.2) is 4.77 Å². The Labute approximate surface area is 180 Å². The van der Waals surface area contributed by atoms with Crippen molar-refractivity contribution in [3.8, 4) is 5.75 Å². The van der Waals surface area contributed by atoms with Crippen molar-refractivity contribution in [2.24, 2.45) is 5.92 Å². The predicted octanol–water partition coefficient (Wildman–Crippen LogP) is 3.98. The number of carbonyl (C=O) groups is 1. The first-order valence-corrected chi connectivity index (χ1v) is 11.0. The van der Waals surface area contributed by atoms with Crippen LogP contribution in [0.15, 0.2) is 23.0 Å². The van der Waals surface area contributed by atoms with Gasteiger partial charge in [-0.1, -0.05) is 6.92 Å². The smallest absolute Gasteiger partial charge is 0.278 e. The molecule has 3 aromatic rings. The molecule has 1 fully saturated rings. The van der Waals surface area contributed by atoms with Crippen molar-refractivity contribution in [3.63, 3.8) is 0 Å². The highest BCUT2D eigenvalue weighted by atomic mass is 32.1. The molecule has 30 heavy (non-hydrogen) atoms. The molecule has 0 saturated carbocycles. The summed E-state index contributed by atoms with van der Waals surface area (Å²) in [5.74, 6) is 1.66. The minimum absolute atomic E-state index is 0.139. The van der Waals surface area contributed by atoms with Crippen molar-refractivity contribution in [1.82, 2.24) is 19.4 Å². The number of carbonyl (C=O) groups excluding carboxylic acids is 1. The lowest BCUT2D eigenvalue weighted by Crippen LogP contribution is -2.37. The summed E-state index contributed by atoms with van der Waals surface area (Å²) in [7, 11) is 1.61. The molecule has 0 aliphatic carbocycles. The standard InChI is InChI=1S/C22H28N4O3S/c1-14-8-11-25(12-9-14)18(27)5-3-4-10-26-21(28)20-19(24-22(26)30)16-13-15(29-2)6-7-17(16)23-20/h6-7,13-14,23H,3-5,8-12H2,1-2H3,(H,24,30). The summed E-state index contributed by atoms with van der Waals surface area (Å²) in [6, 6.07) is 5.63. The lowest BCUT2D eigenvalue weighted by atomic mass is 9.99. The molecule has 1 aliphatic heterocycles. The Kier molecular flexibility index (Phi) is 5.94. The number of amides is 1. The number of rotatable bonds is 6. The third kappa shape index (κ3) is 4.01. The molecule has 1 aliphatic rings. The van der Waals surface area contributed by atoms with Crippen LogP contribution in [0, 0.1) is 10.7 Å². The second-order valence-corrected chi connectivity index (χ2v) is 8.58. The number of aromatic nitrogens is 3. The molecule has 0 spiro atoms. The molecule has 3 heterocycles. The lowest BCUT2D eigenvalue weighted by molar-refractivity contribution is -0.132. The second-order valence-electron chi connectivity index (χ2n) is 8.19. The number of benzene rings is 1. The van der Waals surface area contributed by atoms with Gasteiger partial charge >= 0.3 is 0 Å². The molecule has 0 bridgehead atoms. The number of aromatic amines is 2. The van der Waals surface area contributed by atoms with Gasteiger partial charge in [0.1, 0.15) is 11.3 Å². The second kappa shape index (κ2) is 8.63. The first-order chi connectivity index (χ1) is 14.5. The van der Waals surface area contributed by atoms with Crippen molar-refractivity contribution in [2.45, 2.75) is 45.6 Å². The monoisotopic (exact) mass is 428 g/mol. The average molecular weight is 429 g/mol. The van der Waals surface area contributed by atoms with Gasteiger partial charge in [0.25, 0.3) is 5.56 Å². The topological polar surface area (TPSA) is 83.1 Å². The Morgan fingerprint density at radius 3 is 2.70 bits per heavy atom. The molecular weight excluding hydrogens is 400 g/mol. The van der Waals surface area contributed by atoms with Crippen LogP contribution in [0.1, 0.15) is 39.0 Å². The van der Waals surface area contributed by atoms with Gasteiger partial charge in [-0.15, -0.1) is 0 Å². The van der Waals surface area contributed by atoms with Crippen LogP contribution in [-0.4, -0.2) is 45.5 Å². The van der Waals surface area contributed by atoms with Gasteiger partial charge < -0.3 is 19.6 Å². The molecule has 0 atom stereocenters. The van der Waals surface area contributed by atoms with Crippen LogP contribution in [0.4, 0.5) is 0 Å². The first kappa shape index (κ1) is 20.7. The number of methoxy groups -OCH3 is 1. The fraction of sp³-hybridized carbons (Fsp3) is 0.500. The third-order valence-corrected chi connectivity index (χ3v) is 6.42. The summed E-state index contributed by atoms with van der Waals surface area (Å²) in [6.07, 6.45) is 4.17. The minimum atomic E-state index is -0.139. The summed E-state index contributed by atoms with van der Waals surface area (Å²) >= 11 is 5.46. The summed E-state index contributed by atoms with van der Waals surface area (Å²) in [6.45, 7) is 4.47. The maximum absolute atomic E-state index is 13.0. The van der Waals surface area contributed by atoms with Crippen LogP contribution in [0.2, 0.25) is 0 Å². The van der Waals surface area contributed by atoms with Crippen molar-refractivity contribution < 1.29 is 9.53 Å². The van der Waals surface area contributed by atoms with E-state index in [0.29, 0.717) is 34.7 Å². The number of ether oxygens (including phenoxy) is 1. The van der Waals surface area contributed by atoms with E-state index in [1.807, 2.05) is 23.1 Å². The highest BCUT2D eigenvalue weighted by Crippen LogP contribution is 2.26. The number of unbranched alkanes of at least 4 members (excludes halogenated alkanes) is 1. The molecule has 2 aromatic heterocycles. The zero-order chi connectivity index (χ0) is 21.3. The Hall–Kier alpha value is -2.61. The van der Waals surface area contributed by atoms with Gasteiger partial charge in [-0.05, 0) is 62.0 Å². The van der Waals surface area contributed by atoms with Crippen molar-refractivity contribution >= 4 is 40.1 Å². The average Bonchev–Trinajstić information content (AvgIpc) is 3.11. The quantitative estimate of drug-likeness (QED) is 0.460. The summed E-state index contributed by atoms with van der Waals surface area (Å²) in [5.41, 5.74) is 1.92. The van der Waals surface area contributed by atoms with Crippen molar-refractivity contribution in [1.29, 1.82) is 0 Å². The van der Waals surface area contributed by atoms with Gasteiger partial charge in [-0.2, -0.15) is 0 Å². The molecule has 0 unspecified atom stereocenters. The molecule has 160 valence electrons. The SMILES string of the molecule is COc1ccc2[nH]c3c(=O)n(CCCCC(=O)N4CCC(C)CC4)c(=S)[nH]c3c2c1. The highest BCUT2D eigenvalue weighted by molar-refractivity contribution is 7.71. The van der Waals surface area contributed by atoms with E-state index in [9.17, 15) is 9.59 Å². The molecule has 1 saturated heterocycles. The third-order valence-electron chi connectivity index (χ3n) is 6.10. The molecule has 2 N–H and O–H groups in total. The van der Waals surface area contributed by atoms with Crippen LogP contribution in [0.5, 0.6) is 5.75 Å². The zero-order valence-corrected chi connectivity index (χ0v) is 18.3. The van der Waals surface area contributed by atoms with Gasteiger partial charge in [0.05, 0.1) is 12.6 Å². The number of nitrogens with zero attached hydrogens (tertiary/aromatic N) is 2. The number of hydrogen-bond acceptors (Lipinski definition) is 4. The number of H-pyrrole nitrogens is 2. The van der Waals surface area contributed by atoms with E-state index < -0.39 is 0 Å². The van der Waals surface area contributed by atoms with Crippen LogP contribution in [0.25, 0.3) is 21.9 Å². The number of likely N-dealkylation sites (tertiary alicyclic amines) is 1. The van der Waals surface area contributed by atoms with E-state index in [4.69, 9.17) is 17.0 Å². The maximum atomic E-state index is 13.0. The van der Waals surface area contributed by atoms with Crippen LogP contribution in [-0.2, 0) is 11.3 Å². The molecule has 0 radical (unpaired) electrons. The van der Waals surface area contributed by atoms with Crippen molar-refractivity contribution in [2.75, 3.05) is 20.2 Å². The van der Waals surface area contributed by atoms with E-state index in [1.165, 1.54) is 0 Å². The Morgan fingerprint density at radius 1 is 1.20 bits per heavy atom. The van der Waals surface area contributed by atoms with E-state index in [-0.39, 0.29) is 11.5 Å². The van der Waals surface area contributed by atoms with Gasteiger partial charge in [-0.3, -0.25) is 14.2 Å².